The Morgan fingerprint density at radius 1 is 1.03 bits per heavy atom. The summed E-state index contributed by atoms with van der Waals surface area (Å²) in [5, 5.41) is 15.8. The van der Waals surface area contributed by atoms with Crippen LogP contribution in [0.4, 0.5) is 5.69 Å². The Kier molecular flexibility index (Phi) is 8.55. The van der Waals surface area contributed by atoms with E-state index >= 15 is 0 Å². The van der Waals surface area contributed by atoms with Crippen molar-refractivity contribution in [1.29, 1.82) is 0 Å². The molecule has 0 bridgehead atoms. The summed E-state index contributed by atoms with van der Waals surface area (Å²) >= 11 is 0. The quantitative estimate of drug-likeness (QED) is 0.262. The summed E-state index contributed by atoms with van der Waals surface area (Å²) in [6, 6.07) is 19.2. The fourth-order valence-corrected chi connectivity index (χ4v) is 3.09. The zero-order valence-corrected chi connectivity index (χ0v) is 19.6. The molecule has 3 rings (SSSR count). The van der Waals surface area contributed by atoms with Gasteiger partial charge in [0.15, 0.2) is 18.1 Å². The standard InChI is InChI=1S/C26H25N3O6/c1-18-9-12-21(13-10-18)35-17-26(30)28-27-22(19-7-5-4-6-8-19)14-11-20-15-24(33-2)25(34-3)16-23(20)29(31)32/h4-16H,17H2,1-3H3,(H,28,30)/b14-11+,27-22-. The number of nitrogens with one attached hydrogen (secondary N) is 1. The van der Waals surface area contributed by atoms with Gasteiger partial charge in [0.05, 0.1) is 36.5 Å². The van der Waals surface area contributed by atoms with Gasteiger partial charge in [-0.3, -0.25) is 14.9 Å². The Morgan fingerprint density at radius 3 is 2.31 bits per heavy atom. The predicted octanol–water partition coefficient (Wildman–Crippen LogP) is 4.53. The number of carbonyl (C=O) groups excluding carboxylic acids is 1. The minimum atomic E-state index is -0.509. The summed E-state index contributed by atoms with van der Waals surface area (Å²) in [5.41, 5.74) is 4.76. The molecule has 0 spiro atoms. The summed E-state index contributed by atoms with van der Waals surface area (Å²) in [6.45, 7) is 1.74. The normalized spacial score (nSPS) is 11.2. The number of hydrogen-bond acceptors (Lipinski definition) is 7. The first-order chi connectivity index (χ1) is 16.9. The molecule has 0 unspecified atom stereocenters. The molecule has 0 aliphatic carbocycles. The molecule has 0 atom stereocenters. The van der Waals surface area contributed by atoms with Crippen LogP contribution in [0.2, 0.25) is 0 Å². The van der Waals surface area contributed by atoms with Gasteiger partial charge in [0.25, 0.3) is 11.6 Å². The molecular weight excluding hydrogens is 450 g/mol. The monoisotopic (exact) mass is 475 g/mol. The molecule has 0 saturated heterocycles. The summed E-state index contributed by atoms with van der Waals surface area (Å²) in [4.78, 5) is 23.4. The lowest BCUT2D eigenvalue weighted by Gasteiger charge is -2.09. The van der Waals surface area contributed by atoms with Gasteiger partial charge in [-0.15, -0.1) is 0 Å². The van der Waals surface area contributed by atoms with Gasteiger partial charge >= 0.3 is 0 Å². The highest BCUT2D eigenvalue weighted by Gasteiger charge is 2.18. The fraction of sp³-hybridized carbons (Fsp3) is 0.154. The van der Waals surface area contributed by atoms with Crippen molar-refractivity contribution >= 4 is 23.4 Å². The van der Waals surface area contributed by atoms with Crippen LogP contribution in [0.3, 0.4) is 0 Å². The van der Waals surface area contributed by atoms with Crippen LogP contribution in [-0.4, -0.2) is 37.4 Å². The molecule has 1 amide bonds. The van der Waals surface area contributed by atoms with Crippen LogP contribution in [-0.2, 0) is 4.79 Å². The van der Waals surface area contributed by atoms with Crippen LogP contribution in [0, 0.1) is 17.0 Å². The number of benzene rings is 3. The van der Waals surface area contributed by atoms with Gasteiger partial charge in [0.1, 0.15) is 5.75 Å². The second-order valence-electron chi connectivity index (χ2n) is 7.36. The maximum atomic E-state index is 12.3. The van der Waals surface area contributed by atoms with Crippen molar-refractivity contribution in [1.82, 2.24) is 5.43 Å². The van der Waals surface area contributed by atoms with E-state index in [0.29, 0.717) is 22.8 Å². The fourth-order valence-electron chi connectivity index (χ4n) is 3.09. The number of methoxy groups -OCH3 is 2. The number of nitrogens with zero attached hydrogens (tertiary/aromatic N) is 2. The molecule has 9 heteroatoms. The molecule has 0 fully saturated rings. The summed E-state index contributed by atoms with van der Waals surface area (Å²) in [7, 11) is 2.85. The lowest BCUT2D eigenvalue weighted by molar-refractivity contribution is -0.385. The second kappa shape index (κ2) is 12.0. The Hall–Kier alpha value is -4.66. The van der Waals surface area contributed by atoms with E-state index in [-0.39, 0.29) is 23.6 Å². The Balaban J connectivity index is 1.84. The van der Waals surface area contributed by atoms with Crippen molar-refractivity contribution in [2.75, 3.05) is 20.8 Å². The van der Waals surface area contributed by atoms with Gasteiger partial charge in [-0.2, -0.15) is 5.10 Å². The number of aryl methyl sites for hydroxylation is 1. The molecule has 0 aliphatic heterocycles. The third-order valence-corrected chi connectivity index (χ3v) is 4.91. The number of nitro groups is 1. The average Bonchev–Trinajstić information content (AvgIpc) is 2.88. The maximum absolute atomic E-state index is 12.3. The third kappa shape index (κ3) is 6.91. The van der Waals surface area contributed by atoms with Crippen molar-refractivity contribution in [3.8, 4) is 17.2 Å². The van der Waals surface area contributed by atoms with Crippen molar-refractivity contribution in [3.63, 3.8) is 0 Å². The zero-order valence-electron chi connectivity index (χ0n) is 19.6. The molecule has 0 saturated carbocycles. The van der Waals surface area contributed by atoms with Crippen LogP contribution >= 0.6 is 0 Å². The Morgan fingerprint density at radius 2 is 1.69 bits per heavy atom. The molecule has 0 aromatic heterocycles. The third-order valence-electron chi connectivity index (χ3n) is 4.91. The van der Waals surface area contributed by atoms with Crippen LogP contribution in [0.25, 0.3) is 6.08 Å². The van der Waals surface area contributed by atoms with E-state index in [4.69, 9.17) is 14.2 Å². The number of amides is 1. The van der Waals surface area contributed by atoms with Gasteiger partial charge in [0.2, 0.25) is 0 Å². The lowest BCUT2D eigenvalue weighted by Crippen LogP contribution is -2.25. The zero-order chi connectivity index (χ0) is 25.2. The van der Waals surface area contributed by atoms with E-state index in [0.717, 1.165) is 5.56 Å². The van der Waals surface area contributed by atoms with E-state index in [9.17, 15) is 14.9 Å². The molecule has 0 radical (unpaired) electrons. The van der Waals surface area contributed by atoms with Crippen molar-refractivity contribution in [2.45, 2.75) is 6.92 Å². The van der Waals surface area contributed by atoms with E-state index in [1.165, 1.54) is 32.4 Å². The maximum Gasteiger partial charge on any atom is 0.280 e. The molecular formula is C26H25N3O6. The Labute approximate surface area is 202 Å². The first-order valence-electron chi connectivity index (χ1n) is 10.6. The molecule has 35 heavy (non-hydrogen) atoms. The van der Waals surface area contributed by atoms with Crippen LogP contribution in [0.1, 0.15) is 16.7 Å². The predicted molar refractivity (Wildman–Crippen MR) is 133 cm³/mol. The smallest absolute Gasteiger partial charge is 0.280 e. The lowest BCUT2D eigenvalue weighted by atomic mass is 10.1. The van der Waals surface area contributed by atoms with Gasteiger partial charge < -0.3 is 14.2 Å². The largest absolute Gasteiger partial charge is 0.493 e. The highest BCUT2D eigenvalue weighted by atomic mass is 16.6. The van der Waals surface area contributed by atoms with Crippen molar-refractivity contribution in [3.05, 3.63) is 99.6 Å². The number of nitro benzene ring substituents is 1. The molecule has 1 N–H and O–H groups in total. The van der Waals surface area contributed by atoms with Gasteiger partial charge in [-0.25, -0.2) is 5.43 Å². The molecule has 3 aromatic rings. The molecule has 0 aliphatic rings. The summed E-state index contributed by atoms with van der Waals surface area (Å²) in [6.07, 6.45) is 3.10. The van der Waals surface area contributed by atoms with E-state index in [2.05, 4.69) is 10.5 Å². The van der Waals surface area contributed by atoms with Crippen molar-refractivity contribution in [2.24, 2.45) is 5.10 Å². The topological polar surface area (TPSA) is 112 Å². The number of ether oxygens (including phenoxy) is 3. The number of hydrogen-bond donors (Lipinski definition) is 1. The number of hydrazone groups is 1. The molecule has 180 valence electrons. The van der Waals surface area contributed by atoms with E-state index in [1.54, 1.807) is 30.3 Å². The van der Waals surface area contributed by atoms with E-state index < -0.39 is 10.8 Å². The first kappa shape index (κ1) is 25.0. The minimum absolute atomic E-state index is 0.165. The number of allylic oxidation sites excluding steroid dienone is 1. The number of rotatable bonds is 10. The van der Waals surface area contributed by atoms with Crippen LogP contribution in [0.15, 0.2) is 77.9 Å². The summed E-state index contributed by atoms with van der Waals surface area (Å²) < 4.78 is 15.9. The SMILES string of the molecule is COc1cc(/C=C/C(=N/NC(=O)COc2ccc(C)cc2)c2ccccc2)c([N+](=O)[O-])cc1OC. The minimum Gasteiger partial charge on any atom is -0.493 e. The molecule has 0 heterocycles. The Bertz CT molecular complexity index is 1240. The van der Waals surface area contributed by atoms with Gasteiger partial charge in [-0.05, 0) is 37.3 Å². The average molecular weight is 476 g/mol. The summed E-state index contributed by atoms with van der Waals surface area (Å²) in [5.74, 6) is 0.704. The van der Waals surface area contributed by atoms with Gasteiger partial charge in [0, 0.05) is 5.56 Å². The highest BCUT2D eigenvalue weighted by molar-refractivity contribution is 6.11. The second-order valence-corrected chi connectivity index (χ2v) is 7.36. The van der Waals surface area contributed by atoms with E-state index in [1.807, 2.05) is 37.3 Å². The molecule has 3 aromatic carbocycles. The van der Waals surface area contributed by atoms with Crippen molar-refractivity contribution < 1.29 is 23.9 Å². The van der Waals surface area contributed by atoms with Gasteiger partial charge in [-0.1, -0.05) is 48.0 Å². The molecule has 9 nitrogen and oxygen atoms in total. The van der Waals surface area contributed by atoms with Crippen LogP contribution < -0.4 is 19.6 Å². The highest BCUT2D eigenvalue weighted by Crippen LogP contribution is 2.35. The first-order valence-corrected chi connectivity index (χ1v) is 10.6. The van der Waals surface area contributed by atoms with Crippen LogP contribution in [0.5, 0.6) is 17.2 Å². The number of carbonyl (C=O) groups is 1.